The van der Waals surface area contributed by atoms with Crippen molar-refractivity contribution in [2.45, 2.75) is 6.36 Å². The monoisotopic (exact) mass is 231 g/mol. The van der Waals surface area contributed by atoms with Crippen LogP contribution in [0.25, 0.3) is 6.08 Å². The molecule has 0 saturated heterocycles. The summed E-state index contributed by atoms with van der Waals surface area (Å²) in [7, 11) is 0. The van der Waals surface area contributed by atoms with Crippen molar-refractivity contribution in [2.24, 2.45) is 5.73 Å². The molecule has 0 aromatic heterocycles. The third-order valence-electron chi connectivity index (χ3n) is 1.55. The standard InChI is InChI=1S/C10H8F3NO2/c11-10(12,13)16-8-4-1-7(2-5-8)3-6-9(14)15/h1-6H,(H2,14,15)/b6-3-. The van der Waals surface area contributed by atoms with Crippen LogP contribution in [0.5, 0.6) is 5.75 Å². The van der Waals surface area contributed by atoms with E-state index in [2.05, 4.69) is 4.74 Å². The molecule has 86 valence electrons. The molecule has 0 spiro atoms. The van der Waals surface area contributed by atoms with Gasteiger partial charge in [-0.2, -0.15) is 0 Å². The van der Waals surface area contributed by atoms with Gasteiger partial charge in [-0.05, 0) is 23.8 Å². The lowest BCUT2D eigenvalue weighted by Gasteiger charge is -2.08. The predicted octanol–water partition coefficient (Wildman–Crippen LogP) is 2.08. The number of alkyl halides is 3. The lowest BCUT2D eigenvalue weighted by Crippen LogP contribution is -2.16. The Morgan fingerprint density at radius 2 is 1.81 bits per heavy atom. The van der Waals surface area contributed by atoms with Crippen LogP contribution >= 0.6 is 0 Å². The number of hydrogen-bond donors (Lipinski definition) is 1. The van der Waals surface area contributed by atoms with E-state index in [9.17, 15) is 18.0 Å². The van der Waals surface area contributed by atoms with E-state index in [0.29, 0.717) is 5.56 Å². The highest BCUT2D eigenvalue weighted by molar-refractivity contribution is 5.90. The molecular formula is C10H8F3NO2. The fraction of sp³-hybridized carbons (Fsp3) is 0.100. The molecule has 1 aromatic carbocycles. The normalized spacial score (nSPS) is 11.7. The van der Waals surface area contributed by atoms with Gasteiger partial charge in [0.1, 0.15) is 5.75 Å². The zero-order chi connectivity index (χ0) is 12.2. The summed E-state index contributed by atoms with van der Waals surface area (Å²) < 4.78 is 39.1. The van der Waals surface area contributed by atoms with Gasteiger partial charge in [-0.15, -0.1) is 13.2 Å². The Morgan fingerprint density at radius 1 is 1.25 bits per heavy atom. The van der Waals surface area contributed by atoms with Crippen LogP contribution in [0.2, 0.25) is 0 Å². The number of carbonyl (C=O) groups excluding carboxylic acids is 1. The summed E-state index contributed by atoms with van der Waals surface area (Å²) >= 11 is 0. The first-order valence-corrected chi connectivity index (χ1v) is 4.20. The first-order chi connectivity index (χ1) is 7.37. The van der Waals surface area contributed by atoms with Crippen LogP contribution in [0.1, 0.15) is 5.56 Å². The average molecular weight is 231 g/mol. The van der Waals surface area contributed by atoms with Crippen LogP contribution in [0.4, 0.5) is 13.2 Å². The minimum absolute atomic E-state index is 0.316. The molecule has 0 unspecified atom stereocenters. The molecule has 0 radical (unpaired) electrons. The Balaban J connectivity index is 2.72. The van der Waals surface area contributed by atoms with E-state index < -0.39 is 12.3 Å². The van der Waals surface area contributed by atoms with Crippen LogP contribution in [-0.2, 0) is 4.79 Å². The molecule has 1 amide bonds. The third kappa shape index (κ3) is 4.50. The Labute approximate surface area is 89.3 Å². The molecule has 3 nitrogen and oxygen atoms in total. The molecule has 0 aliphatic heterocycles. The number of primary amides is 1. The minimum atomic E-state index is -4.70. The van der Waals surface area contributed by atoms with Crippen molar-refractivity contribution < 1.29 is 22.7 Å². The maximum absolute atomic E-state index is 11.8. The summed E-state index contributed by atoms with van der Waals surface area (Å²) in [6, 6.07) is 5.04. The Bertz CT molecular complexity index is 396. The molecule has 16 heavy (non-hydrogen) atoms. The maximum atomic E-state index is 11.8. The van der Waals surface area contributed by atoms with Gasteiger partial charge in [-0.3, -0.25) is 4.79 Å². The van der Waals surface area contributed by atoms with Gasteiger partial charge in [0.05, 0.1) is 0 Å². The van der Waals surface area contributed by atoms with Crippen molar-refractivity contribution in [2.75, 3.05) is 0 Å². The molecule has 1 rings (SSSR count). The van der Waals surface area contributed by atoms with Gasteiger partial charge in [-0.25, -0.2) is 0 Å². The topological polar surface area (TPSA) is 52.3 Å². The van der Waals surface area contributed by atoms with Gasteiger partial charge in [0.2, 0.25) is 5.91 Å². The van der Waals surface area contributed by atoms with E-state index in [1.54, 1.807) is 0 Å². The Hall–Kier alpha value is -1.98. The second kappa shape index (κ2) is 4.69. The molecule has 0 fully saturated rings. The van der Waals surface area contributed by atoms with Gasteiger partial charge >= 0.3 is 6.36 Å². The summed E-state index contributed by atoms with van der Waals surface area (Å²) in [4.78, 5) is 10.4. The maximum Gasteiger partial charge on any atom is 0.573 e. The van der Waals surface area contributed by atoms with Crippen molar-refractivity contribution in [3.63, 3.8) is 0 Å². The molecule has 2 N–H and O–H groups in total. The van der Waals surface area contributed by atoms with Crippen molar-refractivity contribution >= 4 is 12.0 Å². The second-order valence-electron chi connectivity index (χ2n) is 2.85. The molecule has 0 aliphatic rings. The molecule has 0 bridgehead atoms. The van der Waals surface area contributed by atoms with Gasteiger partial charge in [0, 0.05) is 6.08 Å². The molecule has 0 saturated carbocycles. The highest BCUT2D eigenvalue weighted by Crippen LogP contribution is 2.22. The fourth-order valence-electron chi connectivity index (χ4n) is 0.959. The molecule has 0 aliphatic carbocycles. The zero-order valence-electron chi connectivity index (χ0n) is 7.99. The number of amides is 1. The van der Waals surface area contributed by atoms with Crippen molar-refractivity contribution in [3.05, 3.63) is 35.9 Å². The Kier molecular flexibility index (Phi) is 3.55. The number of benzene rings is 1. The summed E-state index contributed by atoms with van der Waals surface area (Å²) in [5.74, 6) is -0.945. The summed E-state index contributed by atoms with van der Waals surface area (Å²) in [5.41, 5.74) is 5.40. The quantitative estimate of drug-likeness (QED) is 0.809. The van der Waals surface area contributed by atoms with E-state index in [1.807, 2.05) is 0 Å². The largest absolute Gasteiger partial charge is 0.573 e. The number of carbonyl (C=O) groups is 1. The van der Waals surface area contributed by atoms with Crippen molar-refractivity contribution in [1.29, 1.82) is 0 Å². The molecular weight excluding hydrogens is 223 g/mol. The molecule has 0 atom stereocenters. The number of ether oxygens (including phenoxy) is 1. The van der Waals surface area contributed by atoms with Gasteiger partial charge in [0.15, 0.2) is 0 Å². The van der Waals surface area contributed by atoms with Crippen LogP contribution in [0.15, 0.2) is 30.3 Å². The van der Waals surface area contributed by atoms with Crippen LogP contribution in [0, 0.1) is 0 Å². The van der Waals surface area contributed by atoms with E-state index >= 15 is 0 Å². The first kappa shape index (κ1) is 12.1. The molecule has 0 heterocycles. The second-order valence-corrected chi connectivity index (χ2v) is 2.85. The smallest absolute Gasteiger partial charge is 0.406 e. The summed E-state index contributed by atoms with van der Waals surface area (Å²) in [6.07, 6.45) is -2.20. The van der Waals surface area contributed by atoms with Crippen LogP contribution in [0.3, 0.4) is 0 Å². The van der Waals surface area contributed by atoms with E-state index in [-0.39, 0.29) is 5.75 Å². The highest BCUT2D eigenvalue weighted by Gasteiger charge is 2.30. The minimum Gasteiger partial charge on any atom is -0.406 e. The third-order valence-corrected chi connectivity index (χ3v) is 1.55. The number of halogens is 3. The number of rotatable bonds is 3. The molecule has 1 aromatic rings. The first-order valence-electron chi connectivity index (χ1n) is 4.20. The lowest BCUT2D eigenvalue weighted by molar-refractivity contribution is -0.274. The zero-order valence-corrected chi connectivity index (χ0v) is 7.99. The van der Waals surface area contributed by atoms with E-state index in [0.717, 1.165) is 18.2 Å². The van der Waals surface area contributed by atoms with Crippen molar-refractivity contribution in [3.8, 4) is 5.75 Å². The van der Waals surface area contributed by atoms with Crippen LogP contribution in [-0.4, -0.2) is 12.3 Å². The number of nitrogens with two attached hydrogens (primary N) is 1. The van der Waals surface area contributed by atoms with Gasteiger partial charge in [-0.1, -0.05) is 12.1 Å². The van der Waals surface area contributed by atoms with Crippen LogP contribution < -0.4 is 10.5 Å². The summed E-state index contributed by atoms with van der Waals surface area (Å²) in [6.45, 7) is 0. The number of hydrogen-bond acceptors (Lipinski definition) is 2. The molecule has 6 heteroatoms. The predicted molar refractivity (Wildman–Crippen MR) is 51.4 cm³/mol. The Morgan fingerprint density at radius 3 is 2.25 bits per heavy atom. The highest BCUT2D eigenvalue weighted by atomic mass is 19.4. The SMILES string of the molecule is NC(=O)/C=C\c1ccc(OC(F)(F)F)cc1. The summed E-state index contributed by atoms with van der Waals surface area (Å²) in [5, 5.41) is 0. The van der Waals surface area contributed by atoms with E-state index in [4.69, 9.17) is 5.73 Å². The van der Waals surface area contributed by atoms with Gasteiger partial charge in [0.25, 0.3) is 0 Å². The average Bonchev–Trinajstić information content (AvgIpc) is 2.14. The lowest BCUT2D eigenvalue weighted by atomic mass is 10.2. The van der Waals surface area contributed by atoms with E-state index in [1.165, 1.54) is 18.2 Å². The van der Waals surface area contributed by atoms with Gasteiger partial charge < -0.3 is 10.5 Å². The van der Waals surface area contributed by atoms with Crippen molar-refractivity contribution in [1.82, 2.24) is 0 Å². The fourth-order valence-corrected chi connectivity index (χ4v) is 0.959.